The van der Waals surface area contributed by atoms with Crippen LogP contribution in [-0.4, -0.2) is 0 Å². The quantitative estimate of drug-likeness (QED) is 0.165. The molecule has 16 rings (SSSR count). The minimum atomic E-state index is -0.353. The molecule has 2 aliphatic carbocycles. The van der Waals surface area contributed by atoms with Crippen molar-refractivity contribution < 1.29 is 8.83 Å². The Labute approximate surface area is 422 Å². The van der Waals surface area contributed by atoms with Crippen LogP contribution in [0.15, 0.2) is 221 Å². The number of hydrogen-bond donors (Lipinski definition) is 0. The second-order valence-electron chi connectivity index (χ2n) is 21.5. The van der Waals surface area contributed by atoms with Crippen LogP contribution < -0.4 is 4.90 Å². The van der Waals surface area contributed by atoms with Gasteiger partial charge in [-0.3, -0.25) is 0 Å². The van der Waals surface area contributed by atoms with Gasteiger partial charge in [-0.1, -0.05) is 173 Å². The molecule has 344 valence electrons. The van der Waals surface area contributed by atoms with E-state index < -0.39 is 0 Å². The van der Waals surface area contributed by atoms with Crippen LogP contribution in [0.3, 0.4) is 0 Å². The van der Waals surface area contributed by atoms with Crippen molar-refractivity contribution in [3.63, 3.8) is 0 Å². The molecule has 0 amide bonds. The predicted octanol–water partition coefficient (Wildman–Crippen LogP) is 19.8. The number of hydrogen-bond acceptors (Lipinski definition) is 3. The Kier molecular flexibility index (Phi) is 8.02. The Bertz CT molecular complexity index is 4720. The summed E-state index contributed by atoms with van der Waals surface area (Å²) in [7, 11) is 0. The first-order valence-electron chi connectivity index (χ1n) is 25.6. The van der Waals surface area contributed by atoms with Crippen molar-refractivity contribution in [2.45, 2.75) is 38.5 Å². The highest BCUT2D eigenvalue weighted by atomic mass is 16.3. The van der Waals surface area contributed by atoms with Crippen molar-refractivity contribution >= 4 is 104 Å². The van der Waals surface area contributed by atoms with Crippen molar-refractivity contribution in [2.24, 2.45) is 0 Å². The van der Waals surface area contributed by atoms with Crippen LogP contribution in [0, 0.1) is 0 Å². The van der Waals surface area contributed by atoms with Gasteiger partial charge in [-0.05, 0) is 149 Å². The zero-order valence-electron chi connectivity index (χ0n) is 41.0. The topological polar surface area (TPSA) is 29.5 Å². The summed E-state index contributed by atoms with van der Waals surface area (Å²) in [6, 6.07) is 78.8. The lowest BCUT2D eigenvalue weighted by Gasteiger charge is -2.32. The molecule has 0 fully saturated rings. The molecule has 14 aromatic rings. The summed E-state index contributed by atoms with van der Waals surface area (Å²) in [5.41, 5.74) is 19.0. The Morgan fingerprint density at radius 3 is 1.41 bits per heavy atom. The van der Waals surface area contributed by atoms with Crippen LogP contribution in [0.5, 0.6) is 0 Å². The van der Waals surface area contributed by atoms with Gasteiger partial charge in [0.2, 0.25) is 0 Å². The van der Waals surface area contributed by atoms with Gasteiger partial charge in [0.1, 0.15) is 22.3 Å². The van der Waals surface area contributed by atoms with Gasteiger partial charge in [0, 0.05) is 54.4 Å². The maximum Gasteiger partial charge on any atom is 0.143 e. The molecule has 73 heavy (non-hydrogen) atoms. The van der Waals surface area contributed by atoms with Crippen LogP contribution in [0.4, 0.5) is 17.1 Å². The minimum absolute atomic E-state index is 0.341. The van der Waals surface area contributed by atoms with Crippen molar-refractivity contribution in [3.8, 4) is 33.4 Å². The molecule has 2 aromatic heterocycles. The van der Waals surface area contributed by atoms with Gasteiger partial charge in [0.05, 0.1) is 11.4 Å². The SMILES string of the molecule is CC1(C)c2cc(N(c3ccc(-c4ccccc4)cc3)c3cc4c(c5cc6ccccc6cc35)-c3c(ccc5oc6ccccc6c35)C4(C)C)c3cc4ccccc4cc3c2-c2c1ccc1c2oc2ccccc21. The van der Waals surface area contributed by atoms with E-state index in [-0.39, 0.29) is 10.8 Å². The maximum atomic E-state index is 6.95. The minimum Gasteiger partial charge on any atom is -0.456 e. The average molecular weight is 934 g/mol. The van der Waals surface area contributed by atoms with Gasteiger partial charge in [-0.2, -0.15) is 0 Å². The molecule has 0 radical (unpaired) electrons. The summed E-state index contributed by atoms with van der Waals surface area (Å²) in [4.78, 5) is 2.60. The monoisotopic (exact) mass is 933 g/mol. The van der Waals surface area contributed by atoms with Crippen molar-refractivity contribution in [1.82, 2.24) is 0 Å². The molecule has 0 atom stereocenters. The zero-order chi connectivity index (χ0) is 48.5. The Balaban J connectivity index is 1.06. The number of furan rings is 2. The highest BCUT2D eigenvalue weighted by molar-refractivity contribution is 6.24. The number of para-hydroxylation sites is 2. The van der Waals surface area contributed by atoms with Crippen LogP contribution in [0.1, 0.15) is 49.9 Å². The largest absolute Gasteiger partial charge is 0.456 e. The summed E-state index contributed by atoms with van der Waals surface area (Å²) >= 11 is 0. The molecule has 12 aromatic carbocycles. The van der Waals surface area contributed by atoms with Crippen molar-refractivity contribution in [1.29, 1.82) is 0 Å². The molecule has 2 heterocycles. The molecule has 0 aliphatic heterocycles. The van der Waals surface area contributed by atoms with Crippen molar-refractivity contribution in [2.75, 3.05) is 4.90 Å². The van der Waals surface area contributed by atoms with Crippen molar-refractivity contribution in [3.05, 3.63) is 235 Å². The van der Waals surface area contributed by atoms with E-state index in [1.165, 1.54) is 104 Å². The second-order valence-corrected chi connectivity index (χ2v) is 21.5. The standard InChI is InChI=1S/C70H47NO2/c1-69(2)54-32-33-62-65(49-23-13-15-25-61(49)72-62)66(54)63-52-36-44-20-10-8-18-42(44)34-50(52)58(38-56(63)69)71(46-28-26-41(27-29-46)40-16-6-5-7-17-40)59-39-57-64(53-37-45-21-11-9-19-43(45)35-51(53)59)67-55(70(57,3)4)31-30-48-47-22-12-14-24-60(47)73-68(48)67/h5-39H,1-4H3. The molecule has 0 bridgehead atoms. The Hall–Kier alpha value is -8.92. The average Bonchev–Trinajstić information content (AvgIpc) is 4.14. The lowest BCUT2D eigenvalue weighted by atomic mass is 9.80. The van der Waals surface area contributed by atoms with E-state index in [0.717, 1.165) is 55.6 Å². The summed E-state index contributed by atoms with van der Waals surface area (Å²) in [6.45, 7) is 9.63. The van der Waals surface area contributed by atoms with Crippen LogP contribution in [0.25, 0.3) is 120 Å². The van der Waals surface area contributed by atoms with Crippen LogP contribution in [-0.2, 0) is 10.8 Å². The predicted molar refractivity (Wildman–Crippen MR) is 306 cm³/mol. The van der Waals surface area contributed by atoms with Gasteiger partial charge in [0.15, 0.2) is 0 Å². The molecule has 3 nitrogen and oxygen atoms in total. The first-order chi connectivity index (χ1) is 35.7. The molecule has 3 heteroatoms. The third-order valence-corrected chi connectivity index (χ3v) is 17.0. The van der Waals surface area contributed by atoms with E-state index in [1.807, 2.05) is 0 Å². The van der Waals surface area contributed by atoms with E-state index >= 15 is 0 Å². The fraction of sp³-hybridized carbons (Fsp3) is 0.0857. The summed E-state index contributed by atoms with van der Waals surface area (Å²) in [6.07, 6.45) is 0. The zero-order valence-corrected chi connectivity index (χ0v) is 41.0. The molecular weight excluding hydrogens is 887 g/mol. The van der Waals surface area contributed by atoms with Gasteiger partial charge in [0.25, 0.3) is 0 Å². The highest BCUT2D eigenvalue weighted by Gasteiger charge is 2.42. The third-order valence-electron chi connectivity index (χ3n) is 17.0. The smallest absolute Gasteiger partial charge is 0.143 e. The van der Waals surface area contributed by atoms with Gasteiger partial charge < -0.3 is 13.7 Å². The second kappa shape index (κ2) is 14.4. The molecule has 0 saturated carbocycles. The fourth-order valence-corrected chi connectivity index (χ4v) is 13.4. The molecule has 0 N–H and O–H groups in total. The normalized spacial score (nSPS) is 14.2. The van der Waals surface area contributed by atoms with E-state index in [9.17, 15) is 0 Å². The number of benzene rings is 12. The van der Waals surface area contributed by atoms with Gasteiger partial charge in [-0.25, -0.2) is 0 Å². The Morgan fingerprint density at radius 1 is 0.315 bits per heavy atom. The van der Waals surface area contributed by atoms with Crippen LogP contribution >= 0.6 is 0 Å². The lowest BCUT2D eigenvalue weighted by Crippen LogP contribution is -2.18. The van der Waals surface area contributed by atoms with E-state index in [1.54, 1.807) is 0 Å². The van der Waals surface area contributed by atoms with E-state index in [4.69, 9.17) is 8.83 Å². The number of fused-ring (bicyclic) bond motifs is 20. The molecule has 2 aliphatic rings. The number of nitrogens with zero attached hydrogens (tertiary/aromatic N) is 1. The summed E-state index contributed by atoms with van der Waals surface area (Å²) < 4.78 is 13.6. The van der Waals surface area contributed by atoms with E-state index in [0.29, 0.717) is 0 Å². The molecule has 0 unspecified atom stereocenters. The summed E-state index contributed by atoms with van der Waals surface area (Å²) in [5, 5.41) is 14.3. The first-order valence-corrected chi connectivity index (χ1v) is 25.6. The number of anilines is 3. The first kappa shape index (κ1) is 40.8. The fourth-order valence-electron chi connectivity index (χ4n) is 13.4. The van der Waals surface area contributed by atoms with Crippen LogP contribution in [0.2, 0.25) is 0 Å². The summed E-state index contributed by atoms with van der Waals surface area (Å²) in [5.74, 6) is 0. The molecular formula is C70H47NO2. The number of rotatable bonds is 4. The lowest BCUT2D eigenvalue weighted by molar-refractivity contribution is 0.653. The Morgan fingerprint density at radius 2 is 0.795 bits per heavy atom. The highest BCUT2D eigenvalue weighted by Crippen LogP contribution is 2.61. The molecule has 0 spiro atoms. The maximum absolute atomic E-state index is 6.95. The molecule has 0 saturated heterocycles. The van der Waals surface area contributed by atoms with Gasteiger partial charge in [-0.15, -0.1) is 0 Å². The van der Waals surface area contributed by atoms with Gasteiger partial charge >= 0.3 is 0 Å². The third kappa shape index (κ3) is 5.49. The van der Waals surface area contributed by atoms with E-state index in [2.05, 4.69) is 245 Å².